The first kappa shape index (κ1) is 13.8. The Morgan fingerprint density at radius 3 is 2.85 bits per heavy atom. The van der Waals surface area contributed by atoms with Crippen molar-refractivity contribution < 1.29 is 19.6 Å². The van der Waals surface area contributed by atoms with Crippen LogP contribution in [0.3, 0.4) is 0 Å². The predicted molar refractivity (Wildman–Crippen MR) is 69.9 cm³/mol. The van der Waals surface area contributed by atoms with Gasteiger partial charge in [0.25, 0.3) is 5.69 Å². The lowest BCUT2D eigenvalue weighted by molar-refractivity contribution is -0.384. The van der Waals surface area contributed by atoms with Crippen LogP contribution in [0.25, 0.3) is 0 Å². The van der Waals surface area contributed by atoms with Crippen LogP contribution in [0.5, 0.6) is 0 Å². The number of anilines is 1. The molecule has 1 aliphatic rings. The van der Waals surface area contributed by atoms with Gasteiger partial charge in [0.15, 0.2) is 0 Å². The van der Waals surface area contributed by atoms with E-state index in [1.54, 1.807) is 11.8 Å². The fourth-order valence-electron chi connectivity index (χ4n) is 2.16. The Morgan fingerprint density at radius 2 is 2.25 bits per heavy atom. The molecule has 0 spiro atoms. The molecule has 1 atom stereocenters. The number of hydrogen-bond acceptors (Lipinski definition) is 5. The van der Waals surface area contributed by atoms with E-state index in [0.29, 0.717) is 13.1 Å². The maximum atomic E-state index is 11.6. The van der Waals surface area contributed by atoms with E-state index in [1.165, 1.54) is 12.1 Å². The number of carboxylic acid groups (broad SMARTS) is 1. The second-order valence-corrected chi connectivity index (χ2v) is 4.43. The van der Waals surface area contributed by atoms with Crippen molar-refractivity contribution in [3.8, 4) is 0 Å². The number of amides is 1. The number of carbonyl (C=O) groups is 2. The molecule has 0 radical (unpaired) electrons. The third-order valence-electron chi connectivity index (χ3n) is 3.23. The summed E-state index contributed by atoms with van der Waals surface area (Å²) in [6, 6.07) is 3.13. The standard InChI is InChI=1S/C12H13N3O5/c1-7-11(16)13-4-5-14(7)9-3-2-8(12(17)18)6-10(9)15(19)20/h2-3,6-7H,4-5H2,1H3,(H,13,16)(H,17,18). The van der Waals surface area contributed by atoms with Crippen molar-refractivity contribution in [2.24, 2.45) is 0 Å². The Balaban J connectivity index is 2.47. The lowest BCUT2D eigenvalue weighted by atomic mass is 10.1. The molecule has 1 fully saturated rings. The van der Waals surface area contributed by atoms with Crippen LogP contribution in [-0.2, 0) is 4.79 Å². The molecule has 20 heavy (non-hydrogen) atoms. The van der Waals surface area contributed by atoms with Gasteiger partial charge in [0.05, 0.1) is 10.5 Å². The molecule has 8 nitrogen and oxygen atoms in total. The second-order valence-electron chi connectivity index (χ2n) is 4.43. The highest BCUT2D eigenvalue weighted by molar-refractivity contribution is 5.91. The zero-order valence-corrected chi connectivity index (χ0v) is 10.7. The molecular weight excluding hydrogens is 266 g/mol. The molecule has 1 heterocycles. The number of piperazine rings is 1. The van der Waals surface area contributed by atoms with E-state index in [-0.39, 0.29) is 22.8 Å². The molecule has 0 aliphatic carbocycles. The van der Waals surface area contributed by atoms with Crippen LogP contribution in [-0.4, -0.2) is 41.0 Å². The van der Waals surface area contributed by atoms with Gasteiger partial charge in [0.1, 0.15) is 11.7 Å². The van der Waals surface area contributed by atoms with Crippen molar-refractivity contribution in [2.75, 3.05) is 18.0 Å². The van der Waals surface area contributed by atoms with Gasteiger partial charge in [-0.1, -0.05) is 0 Å². The highest BCUT2D eigenvalue weighted by Crippen LogP contribution is 2.31. The zero-order chi connectivity index (χ0) is 14.9. The third-order valence-corrected chi connectivity index (χ3v) is 3.23. The number of nitrogens with one attached hydrogen (secondary N) is 1. The molecule has 1 aliphatic heterocycles. The number of nitro groups is 1. The van der Waals surface area contributed by atoms with Gasteiger partial charge in [0.2, 0.25) is 5.91 Å². The highest BCUT2D eigenvalue weighted by Gasteiger charge is 2.30. The van der Waals surface area contributed by atoms with Crippen LogP contribution in [0.2, 0.25) is 0 Å². The summed E-state index contributed by atoms with van der Waals surface area (Å²) in [7, 11) is 0. The molecule has 0 aromatic heterocycles. The predicted octanol–water partition coefficient (Wildman–Crippen LogP) is 0.618. The van der Waals surface area contributed by atoms with E-state index >= 15 is 0 Å². The smallest absolute Gasteiger partial charge is 0.335 e. The van der Waals surface area contributed by atoms with Gasteiger partial charge in [-0.3, -0.25) is 14.9 Å². The van der Waals surface area contributed by atoms with Crippen LogP contribution in [0.1, 0.15) is 17.3 Å². The van der Waals surface area contributed by atoms with Crippen molar-refractivity contribution in [1.82, 2.24) is 5.32 Å². The largest absolute Gasteiger partial charge is 0.478 e. The molecule has 1 amide bonds. The number of nitrogens with zero attached hydrogens (tertiary/aromatic N) is 2. The molecule has 0 saturated carbocycles. The van der Waals surface area contributed by atoms with Gasteiger partial charge in [-0.2, -0.15) is 0 Å². The SMILES string of the molecule is CC1C(=O)NCCN1c1ccc(C(=O)O)cc1[N+](=O)[O-]. The van der Waals surface area contributed by atoms with Gasteiger partial charge in [-0.15, -0.1) is 0 Å². The summed E-state index contributed by atoms with van der Waals surface area (Å²) in [5.41, 5.74) is -0.219. The summed E-state index contributed by atoms with van der Waals surface area (Å²) >= 11 is 0. The summed E-state index contributed by atoms with van der Waals surface area (Å²) in [6.07, 6.45) is 0. The van der Waals surface area contributed by atoms with Gasteiger partial charge >= 0.3 is 5.97 Å². The number of carboxylic acids is 1. The summed E-state index contributed by atoms with van der Waals surface area (Å²) < 4.78 is 0. The van der Waals surface area contributed by atoms with Gasteiger partial charge in [0, 0.05) is 19.2 Å². The highest BCUT2D eigenvalue weighted by atomic mass is 16.6. The molecule has 0 bridgehead atoms. The van der Waals surface area contributed by atoms with Crippen LogP contribution in [0.15, 0.2) is 18.2 Å². The maximum absolute atomic E-state index is 11.6. The number of nitro benzene ring substituents is 1. The topological polar surface area (TPSA) is 113 Å². The maximum Gasteiger partial charge on any atom is 0.335 e. The van der Waals surface area contributed by atoms with E-state index in [2.05, 4.69) is 5.32 Å². The minimum Gasteiger partial charge on any atom is -0.478 e. The number of rotatable bonds is 3. The number of carbonyl (C=O) groups excluding carboxylic acids is 1. The zero-order valence-electron chi connectivity index (χ0n) is 10.7. The minimum atomic E-state index is -1.23. The Morgan fingerprint density at radius 1 is 1.55 bits per heavy atom. The van der Waals surface area contributed by atoms with E-state index in [1.807, 2.05) is 0 Å². The summed E-state index contributed by atoms with van der Waals surface area (Å²) in [5, 5.41) is 22.7. The number of aromatic carboxylic acids is 1. The first-order valence-corrected chi connectivity index (χ1v) is 5.98. The lowest BCUT2D eigenvalue weighted by Gasteiger charge is -2.34. The first-order chi connectivity index (χ1) is 9.41. The Kier molecular flexibility index (Phi) is 3.55. The van der Waals surface area contributed by atoms with Gasteiger partial charge < -0.3 is 15.3 Å². The Hall–Kier alpha value is -2.64. The molecule has 2 rings (SSSR count). The summed E-state index contributed by atoms with van der Waals surface area (Å²) in [6.45, 7) is 2.46. The second kappa shape index (κ2) is 5.16. The van der Waals surface area contributed by atoms with Crippen LogP contribution < -0.4 is 10.2 Å². The molecule has 1 aromatic carbocycles. The number of hydrogen-bond donors (Lipinski definition) is 2. The summed E-state index contributed by atoms with van der Waals surface area (Å²) in [5.74, 6) is -1.45. The van der Waals surface area contributed by atoms with E-state index < -0.39 is 16.9 Å². The lowest BCUT2D eigenvalue weighted by Crippen LogP contribution is -2.54. The average Bonchev–Trinajstić information content (AvgIpc) is 2.41. The normalized spacial score (nSPS) is 18.6. The van der Waals surface area contributed by atoms with E-state index in [0.717, 1.165) is 6.07 Å². The van der Waals surface area contributed by atoms with Crippen molar-refractivity contribution in [3.05, 3.63) is 33.9 Å². The monoisotopic (exact) mass is 279 g/mol. The molecule has 106 valence electrons. The molecule has 1 aromatic rings. The van der Waals surface area contributed by atoms with Crippen molar-refractivity contribution in [3.63, 3.8) is 0 Å². The summed E-state index contributed by atoms with van der Waals surface area (Å²) in [4.78, 5) is 34.6. The number of benzene rings is 1. The van der Waals surface area contributed by atoms with E-state index in [4.69, 9.17) is 5.11 Å². The minimum absolute atomic E-state index is 0.158. The van der Waals surface area contributed by atoms with Crippen molar-refractivity contribution in [1.29, 1.82) is 0 Å². The molecular formula is C12H13N3O5. The molecule has 2 N–H and O–H groups in total. The fraction of sp³-hybridized carbons (Fsp3) is 0.333. The third kappa shape index (κ3) is 2.40. The van der Waals surface area contributed by atoms with Crippen LogP contribution in [0.4, 0.5) is 11.4 Å². The average molecular weight is 279 g/mol. The van der Waals surface area contributed by atoms with Crippen molar-refractivity contribution in [2.45, 2.75) is 13.0 Å². The van der Waals surface area contributed by atoms with Gasteiger partial charge in [-0.25, -0.2) is 4.79 Å². The Labute approximate surface area is 114 Å². The van der Waals surface area contributed by atoms with Crippen LogP contribution >= 0.6 is 0 Å². The Bertz CT molecular complexity index is 586. The van der Waals surface area contributed by atoms with E-state index in [9.17, 15) is 19.7 Å². The van der Waals surface area contributed by atoms with Gasteiger partial charge in [-0.05, 0) is 19.1 Å². The molecule has 1 unspecified atom stereocenters. The van der Waals surface area contributed by atoms with Crippen LogP contribution in [0, 0.1) is 10.1 Å². The molecule has 1 saturated heterocycles. The quantitative estimate of drug-likeness (QED) is 0.619. The fourth-order valence-corrected chi connectivity index (χ4v) is 2.16. The molecule has 8 heteroatoms. The first-order valence-electron chi connectivity index (χ1n) is 5.98. The van der Waals surface area contributed by atoms with Crippen molar-refractivity contribution >= 4 is 23.3 Å².